The summed E-state index contributed by atoms with van der Waals surface area (Å²) in [5.74, 6) is 0.673. The van der Waals surface area contributed by atoms with Crippen LogP contribution in [0.2, 0.25) is 0 Å². The van der Waals surface area contributed by atoms with E-state index in [0.29, 0.717) is 5.78 Å². The number of carbonyl (C=O) groups is 1. The lowest BCUT2D eigenvalue weighted by Crippen LogP contribution is -2.34. The van der Waals surface area contributed by atoms with Crippen molar-refractivity contribution in [3.63, 3.8) is 0 Å². The number of allylic oxidation sites excluding steroid dienone is 8. The maximum absolute atomic E-state index is 14.9. The van der Waals surface area contributed by atoms with Gasteiger partial charge in [-0.05, 0) is 103 Å². The van der Waals surface area contributed by atoms with Crippen molar-refractivity contribution in [3.05, 3.63) is 141 Å². The van der Waals surface area contributed by atoms with Crippen LogP contribution in [0.1, 0.15) is 69.9 Å². The number of carbonyl (C=O) groups excluding carboxylic acids is 1. The second-order valence-electron chi connectivity index (χ2n) is 12.1. The topological polar surface area (TPSA) is 17.1 Å². The number of benzene rings is 4. The Morgan fingerprint density at radius 3 is 1.58 bits per heavy atom. The fourth-order valence-corrected chi connectivity index (χ4v) is 9.63. The summed E-state index contributed by atoms with van der Waals surface area (Å²) in [6, 6.07) is 22.9. The molecule has 0 aromatic heterocycles. The molecule has 0 aliphatic heterocycles. The van der Waals surface area contributed by atoms with E-state index in [2.05, 4.69) is 85.0 Å². The highest BCUT2D eigenvalue weighted by Crippen LogP contribution is 2.67. The largest absolute Gasteiger partial charge is 0.298 e. The molecule has 11 rings (SSSR count). The molecular weight excluding hydrogens is 460 g/mol. The molecule has 0 saturated carbocycles. The van der Waals surface area contributed by atoms with Crippen molar-refractivity contribution >= 4 is 16.6 Å². The van der Waals surface area contributed by atoms with Gasteiger partial charge in [0.05, 0.1) is 11.8 Å². The highest BCUT2D eigenvalue weighted by atomic mass is 16.1. The van der Waals surface area contributed by atoms with Gasteiger partial charge in [0.15, 0.2) is 5.78 Å². The summed E-state index contributed by atoms with van der Waals surface area (Å²) in [5.41, 5.74) is 19.3. The highest BCUT2D eigenvalue weighted by molar-refractivity contribution is 6.15. The molecule has 0 bridgehead atoms. The maximum atomic E-state index is 14.9. The summed E-state index contributed by atoms with van der Waals surface area (Å²) in [4.78, 5) is 14.9. The number of fused-ring (bicyclic) bond motifs is 10. The van der Waals surface area contributed by atoms with E-state index in [1.807, 2.05) is 0 Å². The van der Waals surface area contributed by atoms with E-state index >= 15 is 0 Å². The Morgan fingerprint density at radius 1 is 0.553 bits per heavy atom. The van der Waals surface area contributed by atoms with E-state index < -0.39 is 0 Å². The number of hydrogen-bond donors (Lipinski definition) is 0. The van der Waals surface area contributed by atoms with Crippen molar-refractivity contribution in [2.75, 3.05) is 0 Å². The fourth-order valence-electron chi connectivity index (χ4n) is 9.63. The van der Waals surface area contributed by atoms with Crippen LogP contribution in [0, 0.1) is 0 Å². The van der Waals surface area contributed by atoms with Gasteiger partial charge in [0.1, 0.15) is 0 Å². The minimum absolute atomic E-state index is 0.148. The van der Waals surface area contributed by atoms with Crippen LogP contribution >= 0.6 is 0 Å². The van der Waals surface area contributed by atoms with Crippen LogP contribution in [0.3, 0.4) is 0 Å². The van der Waals surface area contributed by atoms with E-state index in [4.69, 9.17) is 0 Å². The van der Waals surface area contributed by atoms with Gasteiger partial charge in [0, 0.05) is 11.8 Å². The molecule has 0 N–H and O–H groups in total. The monoisotopic (exact) mass is 482 g/mol. The standard InChI is InChI=1S/C37H22O/c38-37-33-24-13-5-11-22(24)29-20-9-3-1-7-18(20)26-15-17-16-27-19-8-2-4-10-21(19)30-23-12-6-14-25(23)34(37)36(32(27)30)28(17)35(33)31(26)29/h1-10,13-16,29-30,33-34H,11-12H2. The van der Waals surface area contributed by atoms with Crippen LogP contribution in [0.5, 0.6) is 0 Å². The zero-order valence-electron chi connectivity index (χ0n) is 20.7. The van der Waals surface area contributed by atoms with Gasteiger partial charge >= 0.3 is 0 Å². The van der Waals surface area contributed by atoms with Gasteiger partial charge in [-0.3, -0.25) is 4.79 Å². The molecule has 4 aromatic carbocycles. The van der Waals surface area contributed by atoms with E-state index in [1.165, 1.54) is 88.7 Å². The van der Waals surface area contributed by atoms with Crippen LogP contribution in [0.15, 0.2) is 107 Å². The van der Waals surface area contributed by atoms with E-state index in [1.54, 1.807) is 0 Å². The van der Waals surface area contributed by atoms with Gasteiger partial charge in [-0.1, -0.05) is 84.0 Å². The molecule has 1 heteroatoms. The smallest absolute Gasteiger partial charge is 0.156 e. The van der Waals surface area contributed by atoms with Crippen LogP contribution in [-0.4, -0.2) is 5.78 Å². The molecule has 176 valence electrons. The molecule has 7 aliphatic rings. The van der Waals surface area contributed by atoms with Crippen molar-refractivity contribution in [1.82, 2.24) is 0 Å². The molecule has 7 aliphatic carbocycles. The molecule has 0 amide bonds. The molecule has 4 aromatic rings. The van der Waals surface area contributed by atoms with E-state index in [9.17, 15) is 4.79 Å². The summed E-state index contributed by atoms with van der Waals surface area (Å²) in [6.07, 6.45) is 11.1. The van der Waals surface area contributed by atoms with E-state index in [0.717, 1.165) is 12.8 Å². The van der Waals surface area contributed by atoms with Crippen molar-refractivity contribution < 1.29 is 4.79 Å². The van der Waals surface area contributed by atoms with Crippen molar-refractivity contribution in [3.8, 4) is 22.3 Å². The van der Waals surface area contributed by atoms with Gasteiger partial charge in [-0.25, -0.2) is 0 Å². The first-order valence-electron chi connectivity index (χ1n) is 14.0. The molecular formula is C37H22O. The van der Waals surface area contributed by atoms with E-state index in [-0.39, 0.29) is 23.7 Å². The molecule has 0 radical (unpaired) electrons. The van der Waals surface area contributed by atoms with Crippen molar-refractivity contribution in [1.29, 1.82) is 0 Å². The van der Waals surface area contributed by atoms with Crippen LogP contribution in [0.4, 0.5) is 0 Å². The van der Waals surface area contributed by atoms with Gasteiger partial charge in [-0.2, -0.15) is 0 Å². The minimum Gasteiger partial charge on any atom is -0.298 e. The Balaban J connectivity index is 1.38. The van der Waals surface area contributed by atoms with Gasteiger partial charge in [0.25, 0.3) is 0 Å². The Morgan fingerprint density at radius 2 is 1.05 bits per heavy atom. The molecule has 0 heterocycles. The SMILES string of the molecule is O=C1C2C3=C(CC=C3)C3c4ccccc4-c4cc5cc6c7c(c5c2c43)C1C1=C(CC=C1)C7c1ccccc1-6. The van der Waals surface area contributed by atoms with Crippen molar-refractivity contribution in [2.45, 2.75) is 36.5 Å². The normalized spacial score (nSPS) is 26.9. The summed E-state index contributed by atoms with van der Waals surface area (Å²) < 4.78 is 0. The van der Waals surface area contributed by atoms with Crippen LogP contribution in [0.25, 0.3) is 33.0 Å². The first-order valence-corrected chi connectivity index (χ1v) is 14.0. The quantitative estimate of drug-likeness (QED) is 0.246. The first kappa shape index (κ1) is 18.9. The zero-order chi connectivity index (χ0) is 24.4. The lowest BCUT2D eigenvalue weighted by molar-refractivity contribution is -0.120. The minimum atomic E-state index is -0.148. The number of rotatable bonds is 0. The third-order valence-corrected chi connectivity index (χ3v) is 10.8. The van der Waals surface area contributed by atoms with Crippen molar-refractivity contribution in [2.24, 2.45) is 0 Å². The summed E-state index contributed by atoms with van der Waals surface area (Å²) in [5, 5.41) is 2.71. The number of Topliss-reactive ketones (excluding diaryl/α,β-unsaturated/α-hetero) is 1. The molecule has 4 unspecified atom stereocenters. The lowest BCUT2D eigenvalue weighted by atomic mass is 9.59. The van der Waals surface area contributed by atoms with Crippen LogP contribution in [-0.2, 0) is 4.79 Å². The second kappa shape index (κ2) is 5.92. The Hall–Kier alpha value is -4.23. The Labute approximate surface area is 220 Å². The highest BCUT2D eigenvalue weighted by Gasteiger charge is 2.53. The second-order valence-corrected chi connectivity index (χ2v) is 12.1. The molecule has 0 spiro atoms. The van der Waals surface area contributed by atoms with Gasteiger partial charge < -0.3 is 0 Å². The third-order valence-electron chi connectivity index (χ3n) is 10.8. The number of ketones is 1. The maximum Gasteiger partial charge on any atom is 0.156 e. The average Bonchev–Trinajstić information content (AvgIpc) is 3.73. The molecule has 38 heavy (non-hydrogen) atoms. The number of hydrogen-bond acceptors (Lipinski definition) is 1. The zero-order valence-corrected chi connectivity index (χ0v) is 20.7. The molecule has 0 fully saturated rings. The average molecular weight is 483 g/mol. The Kier molecular flexibility index (Phi) is 2.95. The summed E-state index contributed by atoms with van der Waals surface area (Å²) in [6.45, 7) is 0. The first-order chi connectivity index (χ1) is 18.8. The predicted octanol–water partition coefficient (Wildman–Crippen LogP) is 8.35. The van der Waals surface area contributed by atoms with Gasteiger partial charge in [0.2, 0.25) is 0 Å². The van der Waals surface area contributed by atoms with Gasteiger partial charge in [-0.15, -0.1) is 0 Å². The fraction of sp³-hybridized carbons (Fsp3) is 0.162. The van der Waals surface area contributed by atoms with Crippen LogP contribution < -0.4 is 0 Å². The Bertz CT molecular complexity index is 1920. The molecule has 0 saturated heterocycles. The summed E-state index contributed by atoms with van der Waals surface area (Å²) in [7, 11) is 0. The third kappa shape index (κ3) is 1.79. The summed E-state index contributed by atoms with van der Waals surface area (Å²) >= 11 is 0. The lowest BCUT2D eigenvalue weighted by Gasteiger charge is -2.42. The predicted molar refractivity (Wildman–Crippen MR) is 151 cm³/mol. The molecule has 1 nitrogen and oxygen atoms in total. The molecule has 4 atom stereocenters.